The lowest BCUT2D eigenvalue weighted by molar-refractivity contribution is 0.532. The Morgan fingerprint density at radius 1 is 1.12 bits per heavy atom. The third kappa shape index (κ3) is 3.48. The number of rotatable bonds is 5. The summed E-state index contributed by atoms with van der Waals surface area (Å²) in [5, 5.41) is 6.43. The van der Waals surface area contributed by atoms with Gasteiger partial charge < -0.3 is 0 Å². The molecule has 3 aromatic rings. The van der Waals surface area contributed by atoms with E-state index < -0.39 is 10.0 Å². The summed E-state index contributed by atoms with van der Waals surface area (Å²) < 4.78 is 30.6. The Hall–Kier alpha value is -2.12. The maximum atomic E-state index is 13.1. The first-order valence-corrected chi connectivity index (χ1v) is 10.4. The Balaban J connectivity index is 2.11. The van der Waals surface area contributed by atoms with Crippen LogP contribution in [0.4, 0.5) is 5.69 Å². The van der Waals surface area contributed by atoms with Crippen LogP contribution in [0.3, 0.4) is 0 Å². The van der Waals surface area contributed by atoms with E-state index in [9.17, 15) is 8.42 Å². The van der Waals surface area contributed by atoms with E-state index in [4.69, 9.17) is 0 Å². The fourth-order valence-corrected chi connectivity index (χ4v) is 4.73. The number of hydrogen-bond acceptors (Lipinski definition) is 4. The number of aryl methyl sites for hydroxylation is 2. The van der Waals surface area contributed by atoms with Crippen LogP contribution in [0.1, 0.15) is 31.0 Å². The zero-order chi connectivity index (χ0) is 18.2. The van der Waals surface area contributed by atoms with Crippen LogP contribution in [-0.4, -0.2) is 18.2 Å². The number of aromatic nitrogens is 2. The molecule has 1 aromatic carbocycles. The molecule has 132 valence electrons. The van der Waals surface area contributed by atoms with E-state index in [0.29, 0.717) is 11.4 Å². The van der Waals surface area contributed by atoms with Crippen molar-refractivity contribution < 1.29 is 8.42 Å². The molecule has 0 aliphatic carbocycles. The topological polar surface area (TPSA) is 64.0 Å². The Labute approximate surface area is 152 Å². The molecule has 0 saturated carbocycles. The Kier molecular flexibility index (Phi) is 4.71. The molecule has 0 bridgehead atoms. The van der Waals surface area contributed by atoms with Crippen molar-refractivity contribution >= 4 is 27.0 Å². The van der Waals surface area contributed by atoms with Gasteiger partial charge in [0.05, 0.1) is 10.6 Å². The molecule has 25 heavy (non-hydrogen) atoms. The average Bonchev–Trinajstić information content (AvgIpc) is 3.19. The molecule has 0 atom stereocenters. The highest BCUT2D eigenvalue weighted by molar-refractivity contribution is 7.92. The highest BCUT2D eigenvalue weighted by Crippen LogP contribution is 2.32. The van der Waals surface area contributed by atoms with E-state index >= 15 is 0 Å². The van der Waals surface area contributed by atoms with Crippen molar-refractivity contribution in [3.8, 4) is 10.6 Å². The van der Waals surface area contributed by atoms with Crippen LogP contribution in [0.25, 0.3) is 10.6 Å². The van der Waals surface area contributed by atoms with Crippen LogP contribution in [0.5, 0.6) is 0 Å². The van der Waals surface area contributed by atoms with Crippen molar-refractivity contribution in [1.82, 2.24) is 9.78 Å². The van der Waals surface area contributed by atoms with Gasteiger partial charge in [-0.1, -0.05) is 24.3 Å². The van der Waals surface area contributed by atoms with Crippen LogP contribution in [0.15, 0.2) is 46.8 Å². The second-order valence-electron chi connectivity index (χ2n) is 6.27. The molecule has 3 rings (SSSR count). The molecule has 5 nitrogen and oxygen atoms in total. The summed E-state index contributed by atoms with van der Waals surface area (Å²) in [6, 6.07) is 9.55. The largest absolute Gasteiger partial charge is 0.279 e. The van der Waals surface area contributed by atoms with Gasteiger partial charge in [-0.05, 0) is 50.3 Å². The SMILES string of the molecule is Cc1cccc(C)c1NS(=O)(=O)c1cn(C(C)C)nc1-c1cccs1. The van der Waals surface area contributed by atoms with Gasteiger partial charge in [0.2, 0.25) is 0 Å². The number of hydrogen-bond donors (Lipinski definition) is 1. The molecule has 7 heteroatoms. The van der Waals surface area contributed by atoms with E-state index in [1.54, 1.807) is 10.9 Å². The number of sulfonamides is 1. The smallest absolute Gasteiger partial charge is 0.265 e. The normalized spacial score (nSPS) is 11.9. The van der Waals surface area contributed by atoms with Crippen LogP contribution >= 0.6 is 11.3 Å². The standard InChI is InChI=1S/C18H21N3O2S2/c1-12(2)21-11-16(18(19-21)15-9-6-10-24-15)25(22,23)20-17-13(3)7-5-8-14(17)4/h5-12,20H,1-4H3. The number of nitrogens with one attached hydrogen (secondary N) is 1. The lowest BCUT2D eigenvalue weighted by atomic mass is 10.1. The molecule has 0 amide bonds. The Bertz CT molecular complexity index is 967. The van der Waals surface area contributed by atoms with Crippen LogP contribution < -0.4 is 4.72 Å². The first-order valence-electron chi connectivity index (χ1n) is 8.01. The van der Waals surface area contributed by atoms with Crippen molar-refractivity contribution in [1.29, 1.82) is 0 Å². The Morgan fingerprint density at radius 2 is 1.80 bits per heavy atom. The molecule has 0 unspecified atom stereocenters. The summed E-state index contributed by atoms with van der Waals surface area (Å²) in [6.07, 6.45) is 1.61. The molecule has 0 saturated heterocycles. The molecule has 2 aromatic heterocycles. The zero-order valence-electron chi connectivity index (χ0n) is 14.6. The minimum absolute atomic E-state index is 0.0721. The van der Waals surface area contributed by atoms with E-state index in [2.05, 4.69) is 9.82 Å². The number of benzene rings is 1. The molecule has 0 fully saturated rings. The van der Waals surface area contributed by atoms with Crippen molar-refractivity contribution in [2.75, 3.05) is 4.72 Å². The first kappa shape index (κ1) is 17.7. The van der Waals surface area contributed by atoms with Crippen molar-refractivity contribution in [2.45, 2.75) is 38.6 Å². The van der Waals surface area contributed by atoms with Crippen molar-refractivity contribution in [3.63, 3.8) is 0 Å². The summed E-state index contributed by atoms with van der Waals surface area (Å²) in [5.41, 5.74) is 2.88. The lowest BCUT2D eigenvalue weighted by Gasteiger charge is -2.12. The quantitative estimate of drug-likeness (QED) is 0.708. The molecular weight excluding hydrogens is 354 g/mol. The third-order valence-corrected chi connectivity index (χ3v) is 6.22. The highest BCUT2D eigenvalue weighted by atomic mass is 32.2. The third-order valence-electron chi connectivity index (χ3n) is 3.99. The van der Waals surface area contributed by atoms with Gasteiger partial charge in [-0.15, -0.1) is 11.3 Å². The molecule has 1 N–H and O–H groups in total. The minimum atomic E-state index is -3.75. The zero-order valence-corrected chi connectivity index (χ0v) is 16.3. The number of anilines is 1. The predicted octanol–water partition coefficient (Wildman–Crippen LogP) is 4.61. The Morgan fingerprint density at radius 3 is 2.36 bits per heavy atom. The molecule has 2 heterocycles. The van der Waals surface area contributed by atoms with Gasteiger partial charge in [0.1, 0.15) is 10.6 Å². The maximum Gasteiger partial charge on any atom is 0.265 e. The number of thiophene rings is 1. The summed E-state index contributed by atoms with van der Waals surface area (Å²) in [5.74, 6) is 0. The van der Waals surface area contributed by atoms with Gasteiger partial charge in [-0.2, -0.15) is 5.10 Å². The second kappa shape index (κ2) is 6.65. The van der Waals surface area contributed by atoms with Crippen molar-refractivity contribution in [2.24, 2.45) is 0 Å². The number of nitrogens with zero attached hydrogens (tertiary/aromatic N) is 2. The van der Waals surface area contributed by atoms with Crippen LogP contribution in [-0.2, 0) is 10.0 Å². The lowest BCUT2D eigenvalue weighted by Crippen LogP contribution is -2.15. The number of para-hydroxylation sites is 1. The van der Waals surface area contributed by atoms with Gasteiger partial charge in [0.15, 0.2) is 0 Å². The molecule has 0 spiro atoms. The van der Waals surface area contributed by atoms with Gasteiger partial charge in [0.25, 0.3) is 10.0 Å². The molecule has 0 aliphatic rings. The van der Waals surface area contributed by atoms with Crippen LogP contribution in [0.2, 0.25) is 0 Å². The monoisotopic (exact) mass is 375 g/mol. The first-order chi connectivity index (χ1) is 11.8. The molecule has 0 aliphatic heterocycles. The summed E-state index contributed by atoms with van der Waals surface area (Å²) in [6.45, 7) is 7.73. The van der Waals surface area contributed by atoms with Gasteiger partial charge in [0, 0.05) is 12.2 Å². The van der Waals surface area contributed by atoms with E-state index in [-0.39, 0.29) is 10.9 Å². The van der Waals surface area contributed by atoms with Crippen molar-refractivity contribution in [3.05, 3.63) is 53.0 Å². The van der Waals surface area contributed by atoms with Gasteiger partial charge >= 0.3 is 0 Å². The highest BCUT2D eigenvalue weighted by Gasteiger charge is 2.26. The molecule has 0 radical (unpaired) electrons. The summed E-state index contributed by atoms with van der Waals surface area (Å²) in [4.78, 5) is 1.03. The fourth-order valence-electron chi connectivity index (χ4n) is 2.58. The van der Waals surface area contributed by atoms with Crippen LogP contribution in [0, 0.1) is 13.8 Å². The van der Waals surface area contributed by atoms with E-state index in [1.807, 2.05) is 63.4 Å². The summed E-state index contributed by atoms with van der Waals surface area (Å²) >= 11 is 1.48. The van der Waals surface area contributed by atoms with Gasteiger partial charge in [-0.3, -0.25) is 9.40 Å². The fraction of sp³-hybridized carbons (Fsp3) is 0.278. The summed E-state index contributed by atoms with van der Waals surface area (Å²) in [7, 11) is -3.75. The van der Waals surface area contributed by atoms with E-state index in [1.165, 1.54) is 11.3 Å². The second-order valence-corrected chi connectivity index (χ2v) is 8.86. The predicted molar refractivity (Wildman–Crippen MR) is 103 cm³/mol. The molecular formula is C18H21N3O2S2. The maximum absolute atomic E-state index is 13.1. The minimum Gasteiger partial charge on any atom is -0.279 e. The van der Waals surface area contributed by atoms with E-state index in [0.717, 1.165) is 16.0 Å². The average molecular weight is 376 g/mol. The van der Waals surface area contributed by atoms with Gasteiger partial charge in [-0.25, -0.2) is 8.42 Å².